The lowest BCUT2D eigenvalue weighted by Crippen LogP contribution is -2.36. The molecular weight excluding hydrogens is 269 g/mol. The van der Waals surface area contributed by atoms with E-state index in [1.54, 1.807) is 6.07 Å². The lowest BCUT2D eigenvalue weighted by atomic mass is 10.1. The fraction of sp³-hybridized carbons (Fsp3) is 0.529. The highest BCUT2D eigenvalue weighted by molar-refractivity contribution is 5.38. The molecule has 0 spiro atoms. The summed E-state index contributed by atoms with van der Waals surface area (Å²) in [6.45, 7) is 2.41. The van der Waals surface area contributed by atoms with Crippen LogP contribution in [0, 0.1) is 17.7 Å². The maximum absolute atomic E-state index is 13.7. The molecule has 0 saturated carbocycles. The van der Waals surface area contributed by atoms with Crippen LogP contribution in [0.4, 0.5) is 4.39 Å². The summed E-state index contributed by atoms with van der Waals surface area (Å²) in [5.41, 5.74) is 1.46. The molecule has 1 aromatic rings. The predicted octanol–water partition coefficient (Wildman–Crippen LogP) is 2.17. The lowest BCUT2D eigenvalue weighted by Gasteiger charge is -2.31. The van der Waals surface area contributed by atoms with E-state index in [0.717, 1.165) is 38.2 Å². The third kappa shape index (κ3) is 4.82. The van der Waals surface area contributed by atoms with Crippen molar-refractivity contribution >= 4 is 0 Å². The van der Waals surface area contributed by atoms with Crippen LogP contribution in [0.15, 0.2) is 18.2 Å². The van der Waals surface area contributed by atoms with E-state index in [1.165, 1.54) is 6.07 Å². The van der Waals surface area contributed by atoms with Crippen LogP contribution in [-0.2, 0) is 11.3 Å². The molecule has 1 fully saturated rings. The molecule has 0 unspecified atom stereocenters. The fourth-order valence-corrected chi connectivity index (χ4v) is 2.52. The summed E-state index contributed by atoms with van der Waals surface area (Å²) in [4.78, 5) is 2.29. The van der Waals surface area contributed by atoms with Gasteiger partial charge in [-0.1, -0.05) is 17.9 Å². The molecule has 1 saturated heterocycles. The second-order valence-corrected chi connectivity index (χ2v) is 5.35. The molecule has 2 rings (SSSR count). The molecule has 1 aromatic carbocycles. The average Bonchev–Trinajstić information content (AvgIpc) is 2.51. The van der Waals surface area contributed by atoms with Crippen molar-refractivity contribution in [3.8, 4) is 11.8 Å². The molecule has 3 nitrogen and oxygen atoms in total. The van der Waals surface area contributed by atoms with Gasteiger partial charge in [-0.25, -0.2) is 4.39 Å². The number of ether oxygens (including phenoxy) is 1. The number of benzene rings is 1. The number of aliphatic hydroxyl groups excluding tert-OH is 1. The largest absolute Gasteiger partial charge is 0.395 e. The third-order valence-electron chi connectivity index (χ3n) is 3.74. The van der Waals surface area contributed by atoms with Crippen molar-refractivity contribution in [2.45, 2.75) is 31.8 Å². The van der Waals surface area contributed by atoms with E-state index in [-0.39, 0.29) is 12.4 Å². The fourth-order valence-electron chi connectivity index (χ4n) is 2.52. The molecule has 1 heterocycles. The van der Waals surface area contributed by atoms with E-state index >= 15 is 0 Å². The van der Waals surface area contributed by atoms with E-state index in [1.807, 2.05) is 6.07 Å². The number of rotatable bonds is 4. The number of aliphatic hydroxyl groups is 1. The second kappa shape index (κ2) is 8.14. The second-order valence-electron chi connectivity index (χ2n) is 5.35. The first-order valence-corrected chi connectivity index (χ1v) is 7.37. The molecule has 0 aliphatic carbocycles. The van der Waals surface area contributed by atoms with Crippen molar-refractivity contribution in [1.29, 1.82) is 0 Å². The SMILES string of the molecule is CN(Cc1ccc(F)c(C#CCCO)c1)C1CCOCC1. The highest BCUT2D eigenvalue weighted by atomic mass is 19.1. The van der Waals surface area contributed by atoms with Crippen LogP contribution in [0.25, 0.3) is 0 Å². The van der Waals surface area contributed by atoms with E-state index in [4.69, 9.17) is 9.84 Å². The van der Waals surface area contributed by atoms with Gasteiger partial charge in [0.25, 0.3) is 0 Å². The van der Waals surface area contributed by atoms with Crippen LogP contribution in [0.1, 0.15) is 30.4 Å². The van der Waals surface area contributed by atoms with Crippen molar-refractivity contribution in [2.75, 3.05) is 26.9 Å². The van der Waals surface area contributed by atoms with Gasteiger partial charge < -0.3 is 9.84 Å². The molecule has 4 heteroatoms. The molecule has 0 atom stereocenters. The summed E-state index contributed by atoms with van der Waals surface area (Å²) in [5.74, 6) is 5.24. The Kier molecular flexibility index (Phi) is 6.19. The van der Waals surface area contributed by atoms with Crippen molar-refractivity contribution in [1.82, 2.24) is 4.90 Å². The van der Waals surface area contributed by atoms with Crippen molar-refractivity contribution in [3.05, 3.63) is 35.1 Å². The van der Waals surface area contributed by atoms with Gasteiger partial charge in [-0.05, 0) is 37.6 Å². The zero-order valence-electron chi connectivity index (χ0n) is 12.4. The Balaban J connectivity index is 2.03. The van der Waals surface area contributed by atoms with Gasteiger partial charge in [-0.2, -0.15) is 0 Å². The van der Waals surface area contributed by atoms with Crippen LogP contribution in [0.3, 0.4) is 0 Å². The molecule has 0 bridgehead atoms. The Morgan fingerprint density at radius 3 is 2.86 bits per heavy atom. The molecule has 21 heavy (non-hydrogen) atoms. The van der Waals surface area contributed by atoms with E-state index in [2.05, 4.69) is 23.8 Å². The van der Waals surface area contributed by atoms with Gasteiger partial charge in [-0.3, -0.25) is 4.90 Å². The average molecular weight is 291 g/mol. The molecule has 0 radical (unpaired) electrons. The number of hydrogen-bond acceptors (Lipinski definition) is 3. The van der Waals surface area contributed by atoms with Gasteiger partial charge in [0, 0.05) is 32.2 Å². The van der Waals surface area contributed by atoms with Crippen molar-refractivity contribution in [3.63, 3.8) is 0 Å². The number of halogens is 1. The summed E-state index contributed by atoms with van der Waals surface area (Å²) in [6.07, 6.45) is 2.45. The monoisotopic (exact) mass is 291 g/mol. The smallest absolute Gasteiger partial charge is 0.138 e. The van der Waals surface area contributed by atoms with Crippen LogP contribution >= 0.6 is 0 Å². The first-order chi connectivity index (χ1) is 10.2. The predicted molar refractivity (Wildman–Crippen MR) is 80.3 cm³/mol. The van der Waals surface area contributed by atoms with Crippen molar-refractivity contribution in [2.24, 2.45) is 0 Å². The van der Waals surface area contributed by atoms with Gasteiger partial charge in [0.15, 0.2) is 0 Å². The zero-order valence-corrected chi connectivity index (χ0v) is 12.4. The molecular formula is C17H22FNO2. The van der Waals surface area contributed by atoms with E-state index < -0.39 is 0 Å². The number of hydrogen-bond donors (Lipinski definition) is 1. The quantitative estimate of drug-likeness (QED) is 0.863. The topological polar surface area (TPSA) is 32.7 Å². The summed E-state index contributed by atoms with van der Waals surface area (Å²) >= 11 is 0. The highest BCUT2D eigenvalue weighted by Gasteiger charge is 2.18. The first-order valence-electron chi connectivity index (χ1n) is 7.37. The Morgan fingerprint density at radius 2 is 2.14 bits per heavy atom. The molecule has 0 amide bonds. The molecule has 114 valence electrons. The lowest BCUT2D eigenvalue weighted by molar-refractivity contribution is 0.0407. The number of nitrogens with zero attached hydrogens (tertiary/aromatic N) is 1. The van der Waals surface area contributed by atoms with Gasteiger partial charge in [-0.15, -0.1) is 0 Å². The maximum Gasteiger partial charge on any atom is 0.138 e. The van der Waals surface area contributed by atoms with Crippen LogP contribution in [-0.4, -0.2) is 42.9 Å². The zero-order chi connectivity index (χ0) is 15.1. The van der Waals surface area contributed by atoms with Crippen molar-refractivity contribution < 1.29 is 14.2 Å². The van der Waals surface area contributed by atoms with Gasteiger partial charge in [0.1, 0.15) is 5.82 Å². The summed E-state index contributed by atoms with van der Waals surface area (Å²) in [5, 5.41) is 8.72. The van der Waals surface area contributed by atoms with Crippen LogP contribution < -0.4 is 0 Å². The van der Waals surface area contributed by atoms with Gasteiger partial charge in [0.2, 0.25) is 0 Å². The van der Waals surface area contributed by atoms with Gasteiger partial charge >= 0.3 is 0 Å². The molecule has 1 aliphatic heterocycles. The Bertz CT molecular complexity index is 515. The third-order valence-corrected chi connectivity index (χ3v) is 3.74. The Hall–Kier alpha value is -1.41. The Morgan fingerprint density at radius 1 is 1.38 bits per heavy atom. The Labute approximate surface area is 125 Å². The maximum atomic E-state index is 13.7. The first kappa shape index (κ1) is 16.0. The summed E-state index contributed by atoms with van der Waals surface area (Å²) in [7, 11) is 2.09. The summed E-state index contributed by atoms with van der Waals surface area (Å²) in [6, 6.07) is 5.60. The molecule has 1 aliphatic rings. The van der Waals surface area contributed by atoms with Gasteiger partial charge in [0.05, 0.1) is 12.2 Å². The highest BCUT2D eigenvalue weighted by Crippen LogP contribution is 2.17. The normalized spacial score (nSPS) is 15.8. The standard InChI is InChI=1S/C17H22FNO2/c1-19(16-7-10-21-11-8-16)13-14-5-6-17(18)15(12-14)4-2-3-9-20/h5-6,12,16,20H,3,7-11,13H2,1H3. The minimum absolute atomic E-state index is 0.000792. The van der Waals surface area contributed by atoms with Crippen LogP contribution in [0.5, 0.6) is 0 Å². The van der Waals surface area contributed by atoms with Crippen LogP contribution in [0.2, 0.25) is 0 Å². The van der Waals surface area contributed by atoms with E-state index in [0.29, 0.717) is 18.0 Å². The molecule has 0 aromatic heterocycles. The van der Waals surface area contributed by atoms with E-state index in [9.17, 15) is 4.39 Å². The summed E-state index contributed by atoms with van der Waals surface area (Å²) < 4.78 is 19.1. The minimum atomic E-state index is -0.307. The minimum Gasteiger partial charge on any atom is -0.395 e. The molecule has 1 N–H and O–H groups in total.